The lowest BCUT2D eigenvalue weighted by molar-refractivity contribution is 0.0817. The summed E-state index contributed by atoms with van der Waals surface area (Å²) >= 11 is 7.62. The molecule has 0 aliphatic rings. The summed E-state index contributed by atoms with van der Waals surface area (Å²) in [6, 6.07) is 2.05. The Morgan fingerprint density at radius 2 is 2.25 bits per heavy atom. The fourth-order valence-electron chi connectivity index (χ4n) is 1.39. The van der Waals surface area contributed by atoms with Gasteiger partial charge >= 0.3 is 0 Å². The van der Waals surface area contributed by atoms with Gasteiger partial charge in [-0.05, 0) is 19.9 Å². The summed E-state index contributed by atoms with van der Waals surface area (Å²) in [5.41, 5.74) is 0.921. The van der Waals surface area contributed by atoms with E-state index in [2.05, 4.69) is 16.0 Å². The summed E-state index contributed by atoms with van der Waals surface area (Å²) in [6.45, 7) is 4.80. The normalized spacial score (nSPS) is 11.5. The molecule has 0 saturated heterocycles. The first-order valence-electron chi connectivity index (χ1n) is 5.17. The van der Waals surface area contributed by atoms with Crippen LogP contribution < -0.4 is 0 Å². The van der Waals surface area contributed by atoms with E-state index in [1.165, 1.54) is 11.2 Å². The van der Waals surface area contributed by atoms with Gasteiger partial charge in [0, 0.05) is 11.3 Å². The number of ether oxygens (including phenoxy) is 1. The second-order valence-corrected chi connectivity index (χ2v) is 5.26. The molecule has 0 saturated carbocycles. The number of nitrogens with zero attached hydrogens (tertiary/aromatic N) is 2. The lowest BCUT2D eigenvalue weighted by atomic mass is 10.3. The second kappa shape index (κ2) is 5.08. The van der Waals surface area contributed by atoms with Crippen LogP contribution >= 0.6 is 22.9 Å². The van der Waals surface area contributed by atoms with Crippen LogP contribution in [0.1, 0.15) is 18.7 Å². The molecule has 0 aliphatic carbocycles. The standard InChI is InChI=1S/C11H13ClN2OS/c1-7(2)15-4-3-8-5-9-10(16-8)11(12)14-6-13-9/h5-7H,3-4H2,1-2H3. The van der Waals surface area contributed by atoms with Gasteiger partial charge in [0.25, 0.3) is 0 Å². The lowest BCUT2D eigenvalue weighted by Crippen LogP contribution is -2.05. The number of hydrogen-bond donors (Lipinski definition) is 0. The average molecular weight is 257 g/mol. The molecular formula is C11H13ClN2OS. The number of rotatable bonds is 4. The predicted molar refractivity (Wildman–Crippen MR) is 67.2 cm³/mol. The molecule has 0 fully saturated rings. The van der Waals surface area contributed by atoms with Gasteiger partial charge in [-0.2, -0.15) is 0 Å². The first-order valence-corrected chi connectivity index (χ1v) is 6.37. The number of halogens is 1. The van der Waals surface area contributed by atoms with Crippen molar-refractivity contribution in [2.75, 3.05) is 6.61 Å². The van der Waals surface area contributed by atoms with Crippen LogP contribution in [0, 0.1) is 0 Å². The third kappa shape index (κ3) is 2.70. The Morgan fingerprint density at radius 3 is 2.94 bits per heavy atom. The van der Waals surface area contributed by atoms with E-state index in [0.29, 0.717) is 5.15 Å². The average Bonchev–Trinajstić information content (AvgIpc) is 2.61. The third-order valence-corrected chi connectivity index (χ3v) is 3.71. The van der Waals surface area contributed by atoms with Crippen LogP contribution in [0.15, 0.2) is 12.4 Å². The lowest BCUT2D eigenvalue weighted by Gasteiger charge is -2.05. The van der Waals surface area contributed by atoms with Gasteiger partial charge in [0.05, 0.1) is 22.9 Å². The molecule has 0 aromatic carbocycles. The van der Waals surface area contributed by atoms with Gasteiger partial charge in [0.15, 0.2) is 0 Å². The van der Waals surface area contributed by atoms with Gasteiger partial charge in [-0.15, -0.1) is 11.3 Å². The maximum absolute atomic E-state index is 5.98. The molecule has 0 aliphatic heterocycles. The van der Waals surface area contributed by atoms with Crippen molar-refractivity contribution in [2.45, 2.75) is 26.4 Å². The zero-order chi connectivity index (χ0) is 11.5. The highest BCUT2D eigenvalue weighted by atomic mass is 35.5. The van der Waals surface area contributed by atoms with Crippen molar-refractivity contribution in [1.29, 1.82) is 0 Å². The first kappa shape index (κ1) is 11.8. The highest BCUT2D eigenvalue weighted by molar-refractivity contribution is 7.19. The second-order valence-electron chi connectivity index (χ2n) is 3.76. The van der Waals surface area contributed by atoms with E-state index in [9.17, 15) is 0 Å². The summed E-state index contributed by atoms with van der Waals surface area (Å²) in [5, 5.41) is 0.533. The van der Waals surface area contributed by atoms with E-state index in [-0.39, 0.29) is 6.10 Å². The molecule has 0 N–H and O–H groups in total. The van der Waals surface area contributed by atoms with E-state index in [1.54, 1.807) is 11.3 Å². The van der Waals surface area contributed by atoms with Gasteiger partial charge in [-0.3, -0.25) is 0 Å². The summed E-state index contributed by atoms with van der Waals surface area (Å²) in [7, 11) is 0. The van der Waals surface area contributed by atoms with Crippen molar-refractivity contribution < 1.29 is 4.74 Å². The van der Waals surface area contributed by atoms with Gasteiger partial charge in [-0.25, -0.2) is 9.97 Å². The zero-order valence-corrected chi connectivity index (χ0v) is 10.8. The van der Waals surface area contributed by atoms with E-state index in [4.69, 9.17) is 16.3 Å². The SMILES string of the molecule is CC(C)OCCc1cc2ncnc(Cl)c2s1. The number of fused-ring (bicyclic) bond motifs is 1. The minimum Gasteiger partial charge on any atom is -0.378 e. The Bertz CT molecular complexity index is 484. The van der Waals surface area contributed by atoms with Crippen LogP contribution in [0.3, 0.4) is 0 Å². The molecule has 86 valence electrons. The van der Waals surface area contributed by atoms with Crippen LogP contribution in [0.2, 0.25) is 5.15 Å². The molecule has 0 bridgehead atoms. The van der Waals surface area contributed by atoms with Gasteiger partial charge in [0.2, 0.25) is 0 Å². The predicted octanol–water partition coefficient (Wildman–Crippen LogP) is 3.31. The zero-order valence-electron chi connectivity index (χ0n) is 9.24. The molecular weight excluding hydrogens is 244 g/mol. The molecule has 0 atom stereocenters. The molecule has 2 rings (SSSR count). The van der Waals surface area contributed by atoms with E-state index in [1.807, 2.05) is 13.8 Å². The summed E-state index contributed by atoms with van der Waals surface area (Å²) in [5.74, 6) is 0. The third-order valence-electron chi connectivity index (χ3n) is 2.12. The Balaban J connectivity index is 2.11. The Morgan fingerprint density at radius 1 is 1.44 bits per heavy atom. The van der Waals surface area contributed by atoms with E-state index in [0.717, 1.165) is 23.2 Å². The molecule has 0 unspecified atom stereocenters. The van der Waals surface area contributed by atoms with E-state index >= 15 is 0 Å². The van der Waals surface area contributed by atoms with Crippen molar-refractivity contribution in [3.63, 3.8) is 0 Å². The first-order chi connectivity index (χ1) is 7.66. The van der Waals surface area contributed by atoms with Crippen molar-refractivity contribution in [1.82, 2.24) is 9.97 Å². The van der Waals surface area contributed by atoms with Gasteiger partial charge in [0.1, 0.15) is 11.5 Å². The summed E-state index contributed by atoms with van der Waals surface area (Å²) in [6.07, 6.45) is 2.67. The number of hydrogen-bond acceptors (Lipinski definition) is 4. The highest BCUT2D eigenvalue weighted by Crippen LogP contribution is 2.28. The van der Waals surface area contributed by atoms with Crippen LogP contribution in [-0.2, 0) is 11.2 Å². The van der Waals surface area contributed by atoms with Crippen molar-refractivity contribution in [2.24, 2.45) is 0 Å². The molecule has 2 aromatic heterocycles. The summed E-state index contributed by atoms with van der Waals surface area (Å²) < 4.78 is 6.47. The smallest absolute Gasteiger partial charge is 0.150 e. The Labute approximate surface area is 103 Å². The number of thiophene rings is 1. The van der Waals surface area contributed by atoms with Gasteiger partial charge in [-0.1, -0.05) is 11.6 Å². The summed E-state index contributed by atoms with van der Waals surface area (Å²) in [4.78, 5) is 9.38. The van der Waals surface area contributed by atoms with Crippen LogP contribution in [0.4, 0.5) is 0 Å². The highest BCUT2D eigenvalue weighted by Gasteiger charge is 2.07. The van der Waals surface area contributed by atoms with Crippen molar-refractivity contribution in [3.05, 3.63) is 22.4 Å². The van der Waals surface area contributed by atoms with Gasteiger partial charge < -0.3 is 4.74 Å². The minimum atomic E-state index is 0.276. The number of aromatic nitrogens is 2. The van der Waals surface area contributed by atoms with E-state index < -0.39 is 0 Å². The Kier molecular flexibility index (Phi) is 3.74. The molecule has 2 aromatic rings. The molecule has 3 nitrogen and oxygen atoms in total. The maximum Gasteiger partial charge on any atom is 0.150 e. The topological polar surface area (TPSA) is 35.0 Å². The fourth-order valence-corrected chi connectivity index (χ4v) is 2.62. The van der Waals surface area contributed by atoms with Crippen molar-refractivity contribution in [3.8, 4) is 0 Å². The van der Waals surface area contributed by atoms with Crippen LogP contribution in [0.25, 0.3) is 10.2 Å². The molecule has 0 amide bonds. The molecule has 16 heavy (non-hydrogen) atoms. The fraction of sp³-hybridized carbons (Fsp3) is 0.455. The molecule has 2 heterocycles. The van der Waals surface area contributed by atoms with Crippen molar-refractivity contribution >= 4 is 33.2 Å². The van der Waals surface area contributed by atoms with Crippen LogP contribution in [0.5, 0.6) is 0 Å². The maximum atomic E-state index is 5.98. The molecule has 0 radical (unpaired) electrons. The molecule has 0 spiro atoms. The molecule has 5 heteroatoms. The largest absolute Gasteiger partial charge is 0.378 e. The van der Waals surface area contributed by atoms with Crippen LogP contribution in [-0.4, -0.2) is 22.7 Å². The monoisotopic (exact) mass is 256 g/mol. The Hall–Kier alpha value is -0.710. The minimum absolute atomic E-state index is 0.276. The quantitative estimate of drug-likeness (QED) is 0.788.